The highest BCUT2D eigenvalue weighted by atomic mass is 32.1. The lowest BCUT2D eigenvalue weighted by atomic mass is 10.1. The number of aromatic nitrogens is 2. The summed E-state index contributed by atoms with van der Waals surface area (Å²) >= 11 is 2.38. The van der Waals surface area contributed by atoms with Crippen LogP contribution < -0.4 is 9.33 Å². The summed E-state index contributed by atoms with van der Waals surface area (Å²) in [6, 6.07) is 17.3. The van der Waals surface area contributed by atoms with Gasteiger partial charge in [-0.15, -0.1) is 22.7 Å². The average Bonchev–Trinajstić information content (AvgIpc) is 3.45. The molecule has 0 saturated heterocycles. The van der Waals surface area contributed by atoms with E-state index in [-0.39, 0.29) is 10.2 Å². The topological polar surface area (TPSA) is 97.1 Å². The third-order valence-electron chi connectivity index (χ3n) is 4.62. The van der Waals surface area contributed by atoms with Crippen LogP contribution in [0.25, 0.3) is 33.7 Å². The second-order valence-corrected chi connectivity index (χ2v) is 8.74. The normalized spacial score (nSPS) is 12.4. The van der Waals surface area contributed by atoms with E-state index in [1.807, 2.05) is 12.1 Å². The van der Waals surface area contributed by atoms with Crippen LogP contribution in [-0.4, -0.2) is 9.97 Å². The highest BCUT2D eigenvalue weighted by Gasteiger charge is 2.14. The number of thiazole rings is 2. The zero-order valence-electron chi connectivity index (χ0n) is 16.9. The number of hydrogen-bond donors (Lipinski definition) is 0. The molecule has 0 aliphatic carbocycles. The summed E-state index contributed by atoms with van der Waals surface area (Å²) in [5.74, 6) is -0.812. The van der Waals surface area contributed by atoms with E-state index in [2.05, 4.69) is 16.0 Å². The molecule has 4 aromatic rings. The van der Waals surface area contributed by atoms with Crippen molar-refractivity contribution in [3.8, 4) is 40.7 Å². The molecule has 0 amide bonds. The van der Waals surface area contributed by atoms with Gasteiger partial charge in [-0.3, -0.25) is 0 Å². The van der Waals surface area contributed by atoms with Crippen LogP contribution in [-0.2, 0) is 0 Å². The van der Waals surface area contributed by atoms with Crippen molar-refractivity contribution in [1.82, 2.24) is 9.97 Å². The fraction of sp³-hybridized carbons (Fsp3) is 0.0417. The van der Waals surface area contributed by atoms with E-state index in [0.717, 1.165) is 11.3 Å². The van der Waals surface area contributed by atoms with Crippen LogP contribution >= 0.6 is 22.7 Å². The van der Waals surface area contributed by atoms with Crippen molar-refractivity contribution in [2.45, 2.75) is 6.92 Å². The molecule has 0 bridgehead atoms. The van der Waals surface area contributed by atoms with Gasteiger partial charge in [0.25, 0.3) is 0 Å². The maximum atomic E-state index is 13.5. The number of hydrogen-bond acceptors (Lipinski definition) is 7. The Morgan fingerprint density at radius 3 is 1.55 bits per heavy atom. The Morgan fingerprint density at radius 1 is 0.697 bits per heavy atom. The van der Waals surface area contributed by atoms with Gasteiger partial charge in [0.2, 0.25) is 0 Å². The van der Waals surface area contributed by atoms with Crippen molar-refractivity contribution in [3.63, 3.8) is 0 Å². The average molecular weight is 472 g/mol. The zero-order chi connectivity index (χ0) is 23.5. The van der Waals surface area contributed by atoms with Gasteiger partial charge in [0.05, 0.1) is 32.1 Å². The molecule has 2 aromatic carbocycles. The van der Waals surface area contributed by atoms with Crippen LogP contribution in [0.5, 0.6) is 0 Å². The van der Waals surface area contributed by atoms with Gasteiger partial charge in [-0.2, -0.15) is 15.8 Å². The van der Waals surface area contributed by atoms with Crippen molar-refractivity contribution < 1.29 is 8.78 Å². The molecule has 0 aliphatic rings. The van der Waals surface area contributed by atoms with E-state index >= 15 is 0 Å². The minimum absolute atomic E-state index is 0.151. The molecule has 0 fully saturated rings. The molecule has 0 aliphatic heterocycles. The van der Waals surface area contributed by atoms with Crippen molar-refractivity contribution in [1.29, 1.82) is 15.8 Å². The molecule has 2 aromatic heterocycles. The predicted octanol–water partition coefficient (Wildman–Crippen LogP) is 4.39. The zero-order valence-corrected chi connectivity index (χ0v) is 18.6. The summed E-state index contributed by atoms with van der Waals surface area (Å²) in [5, 5.41) is 28.1. The van der Waals surface area contributed by atoms with E-state index in [1.54, 1.807) is 31.2 Å². The monoisotopic (exact) mass is 471 g/mol. The molecule has 0 atom stereocenters. The Hall–Kier alpha value is -4.23. The Morgan fingerprint density at radius 2 is 1.12 bits per heavy atom. The maximum absolute atomic E-state index is 13.5. The second-order valence-electron chi connectivity index (χ2n) is 6.74. The van der Waals surface area contributed by atoms with E-state index in [0.29, 0.717) is 41.8 Å². The highest BCUT2D eigenvalue weighted by molar-refractivity contribution is 7.11. The molecular weight excluding hydrogens is 460 g/mol. The summed E-state index contributed by atoms with van der Waals surface area (Å²) < 4.78 is 29.0. The first-order valence-corrected chi connectivity index (χ1v) is 11.0. The summed E-state index contributed by atoms with van der Waals surface area (Å²) in [5.41, 5.74) is 2.44. The molecule has 2 heterocycles. The summed E-state index contributed by atoms with van der Waals surface area (Å²) in [6.07, 6.45) is 0. The van der Waals surface area contributed by atoms with Crippen molar-refractivity contribution in [2.24, 2.45) is 0 Å². The van der Waals surface area contributed by atoms with Crippen LogP contribution in [0, 0.1) is 54.7 Å². The number of halogens is 2. The minimum atomic E-state index is -0.414. The molecule has 0 radical (unpaired) electrons. The number of benzene rings is 2. The Bertz CT molecular complexity index is 1700. The van der Waals surface area contributed by atoms with Gasteiger partial charge < -0.3 is 0 Å². The number of rotatable bonds is 2. The molecule has 5 nitrogen and oxygen atoms in total. The van der Waals surface area contributed by atoms with Gasteiger partial charge in [0, 0.05) is 11.1 Å². The first-order valence-electron chi connectivity index (χ1n) is 9.40. The predicted molar refractivity (Wildman–Crippen MR) is 121 cm³/mol. The third-order valence-corrected chi connectivity index (χ3v) is 7.03. The summed E-state index contributed by atoms with van der Waals surface area (Å²) in [4.78, 5) is 9.13. The minimum Gasteiger partial charge on any atom is -0.235 e. The first kappa shape index (κ1) is 22.0. The quantitative estimate of drug-likeness (QED) is 0.432. The van der Waals surface area contributed by atoms with Gasteiger partial charge in [0.15, 0.2) is 5.57 Å². The Balaban J connectivity index is 2.25. The van der Waals surface area contributed by atoms with Gasteiger partial charge in [-0.1, -0.05) is 0 Å². The standard InChI is InChI=1S/C24H11F2N5S2/c1-13(10-27)23-30-19(14-2-6-17(25)7-3-14)21(32-23)22-20(15-4-8-18(26)9-5-15)31-24(33-22)16(11-28)12-29/h2-9H,1H3/b22-21+,23-13-. The third kappa shape index (κ3) is 4.26. The Kier molecular flexibility index (Phi) is 6.06. The fourth-order valence-electron chi connectivity index (χ4n) is 2.99. The molecule has 0 N–H and O–H groups in total. The smallest absolute Gasteiger partial charge is 0.165 e. The second kappa shape index (κ2) is 9.10. The SMILES string of the molecule is C/C(C#N)=c1\nc(-c2ccc(F)cc2)/c(=c2\sc(=C(C#N)C#N)nc2-c2ccc(F)cc2)s1. The number of nitrogens with zero attached hydrogens (tertiary/aromatic N) is 5. The number of nitriles is 3. The van der Waals surface area contributed by atoms with Crippen LogP contribution in [0.1, 0.15) is 6.92 Å². The lowest BCUT2D eigenvalue weighted by Crippen LogP contribution is -2.01. The van der Waals surface area contributed by atoms with Crippen molar-refractivity contribution in [3.05, 3.63) is 78.6 Å². The van der Waals surface area contributed by atoms with E-state index in [4.69, 9.17) is 0 Å². The molecule has 33 heavy (non-hydrogen) atoms. The molecule has 0 saturated carbocycles. The largest absolute Gasteiger partial charge is 0.235 e. The summed E-state index contributed by atoms with van der Waals surface area (Å²) in [6.45, 7) is 1.65. The molecule has 4 rings (SSSR count). The molecule has 0 spiro atoms. The van der Waals surface area contributed by atoms with Gasteiger partial charge in [0.1, 0.15) is 33.1 Å². The van der Waals surface area contributed by atoms with Crippen LogP contribution in [0.4, 0.5) is 8.78 Å². The molecule has 158 valence electrons. The summed E-state index contributed by atoms with van der Waals surface area (Å²) in [7, 11) is 0. The van der Waals surface area contributed by atoms with Crippen LogP contribution in [0.2, 0.25) is 0 Å². The van der Waals surface area contributed by atoms with E-state index < -0.39 is 11.6 Å². The molecule has 9 heteroatoms. The van der Waals surface area contributed by atoms with Gasteiger partial charge in [-0.05, 0) is 55.5 Å². The Labute approximate surface area is 194 Å². The van der Waals surface area contributed by atoms with Gasteiger partial charge >= 0.3 is 0 Å². The molecular formula is C24H11F2N5S2. The lowest BCUT2D eigenvalue weighted by Gasteiger charge is -1.98. The fourth-order valence-corrected chi connectivity index (χ4v) is 5.19. The first-order chi connectivity index (χ1) is 15.9. The maximum Gasteiger partial charge on any atom is 0.165 e. The lowest BCUT2D eigenvalue weighted by molar-refractivity contribution is 0.627. The van der Waals surface area contributed by atoms with Crippen molar-refractivity contribution in [2.75, 3.05) is 0 Å². The van der Waals surface area contributed by atoms with Gasteiger partial charge in [-0.25, -0.2) is 18.7 Å². The van der Waals surface area contributed by atoms with Crippen LogP contribution in [0.3, 0.4) is 0 Å². The van der Waals surface area contributed by atoms with E-state index in [1.165, 1.54) is 35.6 Å². The highest BCUT2D eigenvalue weighted by Crippen LogP contribution is 2.26. The van der Waals surface area contributed by atoms with Crippen molar-refractivity contribution >= 4 is 33.8 Å². The van der Waals surface area contributed by atoms with E-state index in [9.17, 15) is 24.6 Å². The van der Waals surface area contributed by atoms with Crippen LogP contribution in [0.15, 0.2) is 48.5 Å². The molecule has 0 unspecified atom stereocenters.